The molecule has 2 N–H and O–H groups in total. The van der Waals surface area contributed by atoms with Crippen LogP contribution < -0.4 is 10.6 Å². The molecule has 8 heteroatoms. The number of ether oxygens (including phenoxy) is 1. The van der Waals surface area contributed by atoms with Crippen LogP contribution in [0.4, 0.5) is 5.69 Å². The number of nitrogens with one attached hydrogen (secondary N) is 2. The molecule has 1 aromatic rings. The molecule has 0 saturated carbocycles. The van der Waals surface area contributed by atoms with E-state index < -0.39 is 4.92 Å². The number of non-ortho nitro benzene ring substituents is 1. The van der Waals surface area contributed by atoms with E-state index in [0.717, 1.165) is 12.1 Å². The zero-order valence-electron chi connectivity index (χ0n) is 15.5. The highest BCUT2D eigenvalue weighted by Gasteiger charge is 2.24. The molecule has 0 bridgehead atoms. The van der Waals surface area contributed by atoms with Crippen LogP contribution >= 0.6 is 24.0 Å². The van der Waals surface area contributed by atoms with Gasteiger partial charge in [-0.2, -0.15) is 0 Å². The Hall–Kier alpha value is -1.42. The predicted octanol–water partition coefficient (Wildman–Crippen LogP) is 3.33. The average molecular weight is 464 g/mol. The van der Waals surface area contributed by atoms with Crippen LogP contribution in [0.5, 0.6) is 0 Å². The first-order chi connectivity index (χ1) is 11.3. The summed E-state index contributed by atoms with van der Waals surface area (Å²) in [5, 5.41) is 17.1. The number of rotatable bonds is 7. The van der Waals surface area contributed by atoms with Crippen molar-refractivity contribution in [1.82, 2.24) is 10.6 Å². The van der Waals surface area contributed by atoms with E-state index in [4.69, 9.17) is 4.74 Å². The molecule has 0 heterocycles. The minimum atomic E-state index is -0.407. The quantitative estimate of drug-likeness (QED) is 0.213. The standard InChI is InChI=1S/C17H28N4O3.HI/c1-6-18-16(20-12-15(24-5)17(2,3)4)19-11-13-7-9-14(10-8-13)21(22)23;/h7-10,15H,6,11-12H2,1-5H3,(H2,18,19,20);1H. The predicted molar refractivity (Wildman–Crippen MR) is 112 cm³/mol. The summed E-state index contributed by atoms with van der Waals surface area (Å²) < 4.78 is 5.53. The van der Waals surface area contributed by atoms with Crippen molar-refractivity contribution in [2.24, 2.45) is 10.4 Å². The Kier molecular flexibility index (Phi) is 10.6. The lowest BCUT2D eigenvalue weighted by Gasteiger charge is -2.30. The number of hydrogen-bond acceptors (Lipinski definition) is 4. The molecule has 25 heavy (non-hydrogen) atoms. The first-order valence-electron chi connectivity index (χ1n) is 8.06. The molecule has 1 aromatic carbocycles. The molecular formula is C17H29IN4O3. The van der Waals surface area contributed by atoms with Crippen molar-refractivity contribution < 1.29 is 9.66 Å². The highest BCUT2D eigenvalue weighted by molar-refractivity contribution is 14.0. The Bertz CT molecular complexity index is 556. The third-order valence-corrected chi connectivity index (χ3v) is 3.62. The van der Waals surface area contributed by atoms with Crippen LogP contribution in [0.3, 0.4) is 0 Å². The molecule has 0 spiro atoms. The van der Waals surface area contributed by atoms with Gasteiger partial charge < -0.3 is 15.4 Å². The molecule has 0 radical (unpaired) electrons. The van der Waals surface area contributed by atoms with Gasteiger partial charge in [0.05, 0.1) is 17.6 Å². The number of aliphatic imine (C=N–C) groups is 1. The van der Waals surface area contributed by atoms with Crippen LogP contribution in [-0.4, -0.2) is 37.2 Å². The van der Waals surface area contributed by atoms with Gasteiger partial charge in [0.2, 0.25) is 0 Å². The number of guanidine groups is 1. The molecule has 0 aromatic heterocycles. The third-order valence-electron chi connectivity index (χ3n) is 3.62. The molecule has 1 unspecified atom stereocenters. The van der Waals surface area contributed by atoms with Crippen molar-refractivity contribution in [1.29, 1.82) is 0 Å². The van der Waals surface area contributed by atoms with Gasteiger partial charge in [0.1, 0.15) is 0 Å². The second kappa shape index (κ2) is 11.2. The summed E-state index contributed by atoms with van der Waals surface area (Å²) in [5.41, 5.74) is 1.02. The summed E-state index contributed by atoms with van der Waals surface area (Å²) in [4.78, 5) is 14.8. The second-order valence-corrected chi connectivity index (χ2v) is 6.59. The Balaban J connectivity index is 0.00000576. The fourth-order valence-electron chi connectivity index (χ4n) is 2.17. The Morgan fingerprint density at radius 1 is 1.28 bits per heavy atom. The first kappa shape index (κ1) is 23.6. The topological polar surface area (TPSA) is 88.8 Å². The maximum atomic E-state index is 10.7. The van der Waals surface area contributed by atoms with Crippen molar-refractivity contribution in [2.75, 3.05) is 20.2 Å². The molecular weight excluding hydrogens is 435 g/mol. The smallest absolute Gasteiger partial charge is 0.269 e. The van der Waals surface area contributed by atoms with E-state index >= 15 is 0 Å². The zero-order valence-corrected chi connectivity index (χ0v) is 17.9. The van der Waals surface area contributed by atoms with Crippen molar-refractivity contribution >= 4 is 35.6 Å². The highest BCUT2D eigenvalue weighted by atomic mass is 127. The first-order valence-corrected chi connectivity index (χ1v) is 8.06. The van der Waals surface area contributed by atoms with Crippen molar-refractivity contribution in [3.63, 3.8) is 0 Å². The molecule has 7 nitrogen and oxygen atoms in total. The monoisotopic (exact) mass is 464 g/mol. The number of nitrogens with zero attached hydrogens (tertiary/aromatic N) is 2. The molecule has 0 aliphatic rings. The van der Waals surface area contributed by atoms with E-state index in [0.29, 0.717) is 19.0 Å². The van der Waals surface area contributed by atoms with Crippen molar-refractivity contribution in [3.05, 3.63) is 39.9 Å². The summed E-state index contributed by atoms with van der Waals surface area (Å²) in [6.07, 6.45) is 0.0562. The van der Waals surface area contributed by atoms with Gasteiger partial charge in [-0.05, 0) is 17.9 Å². The van der Waals surface area contributed by atoms with E-state index in [-0.39, 0.29) is 41.2 Å². The molecule has 0 fully saturated rings. The summed E-state index contributed by atoms with van der Waals surface area (Å²) in [5.74, 6) is 0.696. The van der Waals surface area contributed by atoms with Crippen LogP contribution in [0.1, 0.15) is 33.3 Å². The van der Waals surface area contributed by atoms with E-state index in [2.05, 4.69) is 36.4 Å². The van der Waals surface area contributed by atoms with Crippen LogP contribution in [0.25, 0.3) is 0 Å². The Morgan fingerprint density at radius 3 is 2.32 bits per heavy atom. The summed E-state index contributed by atoms with van der Waals surface area (Å²) >= 11 is 0. The van der Waals surface area contributed by atoms with Crippen LogP contribution in [0.15, 0.2) is 29.3 Å². The summed E-state index contributed by atoms with van der Waals surface area (Å²) in [7, 11) is 1.71. The number of methoxy groups -OCH3 is 1. The largest absolute Gasteiger partial charge is 0.379 e. The molecule has 0 aliphatic heterocycles. The fraction of sp³-hybridized carbons (Fsp3) is 0.588. The Morgan fingerprint density at radius 2 is 1.88 bits per heavy atom. The number of nitro benzene ring substituents is 1. The number of benzene rings is 1. The van der Waals surface area contributed by atoms with Gasteiger partial charge in [0.25, 0.3) is 5.69 Å². The van der Waals surface area contributed by atoms with Gasteiger partial charge in [-0.3, -0.25) is 10.1 Å². The number of hydrogen-bond donors (Lipinski definition) is 2. The number of nitro groups is 1. The maximum absolute atomic E-state index is 10.7. The summed E-state index contributed by atoms with van der Waals surface area (Å²) in [6, 6.07) is 6.42. The normalized spacial score (nSPS) is 12.9. The molecule has 0 aliphatic carbocycles. The minimum absolute atomic E-state index is 0. The van der Waals surface area contributed by atoms with E-state index in [1.807, 2.05) is 6.92 Å². The third kappa shape index (κ3) is 8.48. The van der Waals surface area contributed by atoms with Gasteiger partial charge in [0.15, 0.2) is 5.96 Å². The molecule has 0 saturated heterocycles. The van der Waals surface area contributed by atoms with Gasteiger partial charge in [-0.25, -0.2) is 4.99 Å². The highest BCUT2D eigenvalue weighted by Crippen LogP contribution is 2.20. The SMILES string of the molecule is CCNC(=NCc1ccc([N+](=O)[O-])cc1)NCC(OC)C(C)(C)C.I. The minimum Gasteiger partial charge on any atom is -0.379 e. The van der Waals surface area contributed by atoms with Gasteiger partial charge >= 0.3 is 0 Å². The zero-order chi connectivity index (χ0) is 18.2. The van der Waals surface area contributed by atoms with Gasteiger partial charge in [-0.15, -0.1) is 24.0 Å². The average Bonchev–Trinajstić information content (AvgIpc) is 2.52. The van der Waals surface area contributed by atoms with E-state index in [1.54, 1.807) is 19.2 Å². The molecule has 0 amide bonds. The Labute approximate surface area is 166 Å². The fourth-order valence-corrected chi connectivity index (χ4v) is 2.17. The summed E-state index contributed by atoms with van der Waals surface area (Å²) in [6.45, 7) is 10.2. The van der Waals surface area contributed by atoms with Crippen molar-refractivity contribution in [2.45, 2.75) is 40.3 Å². The van der Waals surface area contributed by atoms with Crippen LogP contribution in [-0.2, 0) is 11.3 Å². The second-order valence-electron chi connectivity index (χ2n) is 6.59. The maximum Gasteiger partial charge on any atom is 0.269 e. The van der Waals surface area contributed by atoms with Gasteiger partial charge in [-0.1, -0.05) is 32.9 Å². The lowest BCUT2D eigenvalue weighted by molar-refractivity contribution is -0.384. The van der Waals surface area contributed by atoms with Crippen molar-refractivity contribution in [3.8, 4) is 0 Å². The molecule has 1 rings (SSSR count). The molecule has 142 valence electrons. The van der Waals surface area contributed by atoms with Gasteiger partial charge in [0, 0.05) is 32.3 Å². The lowest BCUT2D eigenvalue weighted by atomic mass is 9.89. The molecule has 1 atom stereocenters. The van der Waals surface area contributed by atoms with E-state index in [1.165, 1.54) is 12.1 Å². The van der Waals surface area contributed by atoms with Crippen LogP contribution in [0, 0.1) is 15.5 Å². The number of halogens is 1. The lowest BCUT2D eigenvalue weighted by Crippen LogP contribution is -2.45. The van der Waals surface area contributed by atoms with E-state index in [9.17, 15) is 10.1 Å². The van der Waals surface area contributed by atoms with Crippen LogP contribution in [0.2, 0.25) is 0 Å².